The van der Waals surface area contributed by atoms with E-state index in [1.807, 2.05) is 6.26 Å². The summed E-state index contributed by atoms with van der Waals surface area (Å²) in [5.41, 5.74) is 0.688. The first-order chi connectivity index (χ1) is 9.53. The van der Waals surface area contributed by atoms with Gasteiger partial charge in [-0.15, -0.1) is 11.3 Å². The maximum atomic E-state index is 12.8. The first kappa shape index (κ1) is 16.7. The number of thiazole rings is 1. The third-order valence-electron chi connectivity index (χ3n) is 2.09. The number of halogens is 1. The van der Waals surface area contributed by atoms with E-state index < -0.39 is 5.97 Å². The van der Waals surface area contributed by atoms with E-state index in [0.717, 1.165) is 0 Å². The second kappa shape index (κ2) is 8.01. The zero-order valence-electron chi connectivity index (χ0n) is 11.5. The Labute approximate surface area is 125 Å². The molecule has 2 aromatic rings. The molecule has 1 aromatic carbocycles. The van der Waals surface area contributed by atoms with E-state index in [9.17, 15) is 9.18 Å². The lowest BCUT2D eigenvalue weighted by molar-refractivity contribution is 0.0691. The van der Waals surface area contributed by atoms with Gasteiger partial charge in [0.05, 0.1) is 4.88 Å². The molecule has 0 unspecified atom stereocenters. The number of carbonyl (C=O) groups is 1. The van der Waals surface area contributed by atoms with Gasteiger partial charge in [-0.25, -0.2) is 14.2 Å². The van der Waals surface area contributed by atoms with Crippen LogP contribution in [0.4, 0.5) is 4.39 Å². The molecular formula is C14H16FNO2S2. The summed E-state index contributed by atoms with van der Waals surface area (Å²) in [6.07, 6.45) is 3.08. The zero-order chi connectivity index (χ0) is 15.1. The average Bonchev–Trinajstić information content (AvgIpc) is 2.85. The molecule has 2 rings (SSSR count). The van der Waals surface area contributed by atoms with Crippen molar-refractivity contribution in [3.8, 4) is 10.4 Å². The summed E-state index contributed by atoms with van der Waals surface area (Å²) >= 11 is 2.68. The van der Waals surface area contributed by atoms with Crippen LogP contribution in [0.2, 0.25) is 0 Å². The van der Waals surface area contributed by atoms with Crippen LogP contribution in [-0.4, -0.2) is 22.3 Å². The fourth-order valence-corrected chi connectivity index (χ4v) is 2.89. The van der Waals surface area contributed by atoms with Gasteiger partial charge in [0.25, 0.3) is 0 Å². The van der Waals surface area contributed by atoms with E-state index >= 15 is 0 Å². The molecule has 1 heterocycles. The largest absolute Gasteiger partial charge is 0.476 e. The van der Waals surface area contributed by atoms with Crippen molar-refractivity contribution in [1.82, 2.24) is 4.98 Å². The van der Waals surface area contributed by atoms with Crippen LogP contribution in [0.15, 0.2) is 28.6 Å². The highest BCUT2D eigenvalue weighted by molar-refractivity contribution is 8.00. The lowest BCUT2D eigenvalue weighted by atomic mass is 10.1. The Balaban J connectivity index is 0.000000612. The number of carboxylic acid groups (broad SMARTS) is 1. The topological polar surface area (TPSA) is 50.2 Å². The number of hydrogen-bond acceptors (Lipinski definition) is 4. The molecule has 3 nitrogen and oxygen atoms in total. The van der Waals surface area contributed by atoms with E-state index in [-0.39, 0.29) is 11.5 Å². The minimum absolute atomic E-state index is 0.0194. The Hall–Kier alpha value is -1.40. The summed E-state index contributed by atoms with van der Waals surface area (Å²) < 4.78 is 13.5. The van der Waals surface area contributed by atoms with E-state index in [1.165, 1.54) is 41.7 Å². The molecule has 0 bridgehead atoms. The van der Waals surface area contributed by atoms with E-state index in [2.05, 4.69) is 18.8 Å². The Morgan fingerprint density at radius 1 is 1.35 bits per heavy atom. The maximum absolute atomic E-state index is 12.8. The molecule has 0 radical (unpaired) electrons. The number of hydrogen-bond donors (Lipinski definition) is 1. The predicted molar refractivity (Wildman–Crippen MR) is 82.2 cm³/mol. The van der Waals surface area contributed by atoms with Crippen LogP contribution >= 0.6 is 23.1 Å². The van der Waals surface area contributed by atoms with Crippen molar-refractivity contribution in [3.63, 3.8) is 0 Å². The number of rotatable bonds is 3. The van der Waals surface area contributed by atoms with Crippen LogP contribution in [-0.2, 0) is 0 Å². The Kier molecular flexibility index (Phi) is 6.67. The fourth-order valence-electron chi connectivity index (χ4n) is 1.33. The number of nitrogens with zero attached hydrogens (tertiary/aromatic N) is 1. The molecule has 6 heteroatoms. The van der Waals surface area contributed by atoms with Crippen molar-refractivity contribution in [2.45, 2.75) is 24.6 Å². The summed E-state index contributed by atoms with van der Waals surface area (Å²) in [7, 11) is 0. The summed E-state index contributed by atoms with van der Waals surface area (Å²) in [4.78, 5) is 15.6. The minimum Gasteiger partial charge on any atom is -0.476 e. The second-order valence-corrected chi connectivity index (χ2v) is 5.93. The van der Waals surface area contributed by atoms with E-state index in [0.29, 0.717) is 14.8 Å². The van der Waals surface area contributed by atoms with Crippen molar-refractivity contribution in [2.75, 3.05) is 6.26 Å². The molecule has 0 spiro atoms. The summed E-state index contributed by atoms with van der Waals surface area (Å²) in [5, 5.41) is 9.05. The van der Waals surface area contributed by atoms with Gasteiger partial charge in [0.15, 0.2) is 10.0 Å². The van der Waals surface area contributed by atoms with Crippen LogP contribution in [0.25, 0.3) is 10.4 Å². The monoisotopic (exact) mass is 313 g/mol. The quantitative estimate of drug-likeness (QED) is 0.828. The maximum Gasteiger partial charge on any atom is 0.356 e. The standard InChI is InChI=1S/C11H8FNO2S2.C3H8/c1-16-11-13-8(10(14)15)9(17-11)6-2-4-7(12)5-3-6;1-3-2/h2-5H,1H3,(H,14,15);3H2,1-2H3. The van der Waals surface area contributed by atoms with Gasteiger partial charge < -0.3 is 5.11 Å². The lowest BCUT2D eigenvalue weighted by Gasteiger charge is -1.98. The van der Waals surface area contributed by atoms with Crippen LogP contribution in [0, 0.1) is 5.82 Å². The molecule has 0 aliphatic heterocycles. The Morgan fingerprint density at radius 2 is 1.90 bits per heavy atom. The zero-order valence-corrected chi connectivity index (χ0v) is 13.1. The van der Waals surface area contributed by atoms with Crippen molar-refractivity contribution in [2.24, 2.45) is 0 Å². The van der Waals surface area contributed by atoms with E-state index in [1.54, 1.807) is 12.1 Å². The number of thioether (sulfide) groups is 1. The van der Waals surface area contributed by atoms with Crippen molar-refractivity contribution in [3.05, 3.63) is 35.8 Å². The summed E-state index contributed by atoms with van der Waals surface area (Å²) in [5.74, 6) is -1.42. The Morgan fingerprint density at radius 3 is 2.35 bits per heavy atom. The molecule has 0 amide bonds. The van der Waals surface area contributed by atoms with Gasteiger partial charge in [-0.1, -0.05) is 44.2 Å². The highest BCUT2D eigenvalue weighted by Crippen LogP contribution is 2.34. The van der Waals surface area contributed by atoms with Gasteiger partial charge in [-0.2, -0.15) is 0 Å². The average molecular weight is 313 g/mol. The van der Waals surface area contributed by atoms with Crippen molar-refractivity contribution >= 4 is 29.1 Å². The SMILES string of the molecule is CCC.CSc1nc(C(=O)O)c(-c2ccc(F)cc2)s1. The predicted octanol–water partition coefficient (Wildman–Crippen LogP) is 4.79. The minimum atomic E-state index is -1.07. The highest BCUT2D eigenvalue weighted by atomic mass is 32.2. The lowest BCUT2D eigenvalue weighted by Crippen LogP contribution is -1.98. The molecule has 0 fully saturated rings. The van der Waals surface area contributed by atoms with Gasteiger partial charge in [-0.3, -0.25) is 0 Å². The molecule has 0 saturated carbocycles. The van der Waals surface area contributed by atoms with Gasteiger partial charge in [0, 0.05) is 0 Å². The second-order valence-electron chi connectivity index (χ2n) is 3.88. The van der Waals surface area contributed by atoms with Crippen molar-refractivity contribution < 1.29 is 14.3 Å². The van der Waals surface area contributed by atoms with Crippen molar-refractivity contribution in [1.29, 1.82) is 0 Å². The van der Waals surface area contributed by atoms with Crippen LogP contribution < -0.4 is 0 Å². The van der Waals surface area contributed by atoms with Crippen LogP contribution in [0.1, 0.15) is 30.8 Å². The molecule has 108 valence electrons. The van der Waals surface area contributed by atoms with Gasteiger partial charge in [-0.05, 0) is 24.0 Å². The molecule has 20 heavy (non-hydrogen) atoms. The smallest absolute Gasteiger partial charge is 0.356 e. The first-order valence-corrected chi connectivity index (χ1v) is 8.11. The number of benzene rings is 1. The van der Waals surface area contributed by atoms with Gasteiger partial charge in [0.1, 0.15) is 5.82 Å². The van der Waals surface area contributed by atoms with Crippen LogP contribution in [0.5, 0.6) is 0 Å². The molecule has 1 N–H and O–H groups in total. The molecule has 0 aliphatic carbocycles. The molecular weight excluding hydrogens is 297 g/mol. The third-order valence-corrected chi connectivity index (χ3v) is 4.18. The first-order valence-electron chi connectivity index (χ1n) is 6.07. The molecule has 0 atom stereocenters. The van der Waals surface area contributed by atoms with Gasteiger partial charge in [0.2, 0.25) is 0 Å². The highest BCUT2D eigenvalue weighted by Gasteiger charge is 2.18. The summed E-state index contributed by atoms with van der Waals surface area (Å²) in [6, 6.07) is 5.72. The molecule has 0 saturated heterocycles. The number of carboxylic acids is 1. The fraction of sp³-hybridized carbons (Fsp3) is 0.286. The van der Waals surface area contributed by atoms with E-state index in [4.69, 9.17) is 5.11 Å². The molecule has 1 aromatic heterocycles. The number of aromatic nitrogens is 1. The van der Waals surface area contributed by atoms with Gasteiger partial charge >= 0.3 is 5.97 Å². The summed E-state index contributed by atoms with van der Waals surface area (Å²) in [6.45, 7) is 4.25. The normalized spacial score (nSPS) is 9.80. The Bertz CT molecular complexity index is 567. The third kappa shape index (κ3) is 4.31. The molecule has 0 aliphatic rings. The van der Waals surface area contributed by atoms with Crippen LogP contribution in [0.3, 0.4) is 0 Å². The number of aromatic carboxylic acids is 1.